The molecule has 3 aromatic rings. The van der Waals surface area contributed by atoms with Crippen LogP contribution in [0, 0.1) is 0 Å². The number of para-hydroxylation sites is 1. The number of thiazole rings is 1. The largest absolute Gasteiger partial charge is 0.444 e. The summed E-state index contributed by atoms with van der Waals surface area (Å²) in [7, 11) is 0. The highest BCUT2D eigenvalue weighted by Crippen LogP contribution is 2.30. The van der Waals surface area contributed by atoms with Gasteiger partial charge in [-0.05, 0) is 40.2 Å². The van der Waals surface area contributed by atoms with Crippen molar-refractivity contribution >= 4 is 48.5 Å². The normalized spacial score (nSPS) is 15.4. The molecule has 0 unspecified atom stereocenters. The van der Waals surface area contributed by atoms with E-state index in [0.717, 1.165) is 43.1 Å². The molecule has 4 rings (SSSR count). The number of carbonyl (C=O) groups is 1. The van der Waals surface area contributed by atoms with Gasteiger partial charge in [0.1, 0.15) is 0 Å². The van der Waals surface area contributed by atoms with E-state index < -0.39 is 0 Å². The van der Waals surface area contributed by atoms with Gasteiger partial charge in [0.25, 0.3) is 5.91 Å². The van der Waals surface area contributed by atoms with Gasteiger partial charge < -0.3 is 9.15 Å². The van der Waals surface area contributed by atoms with Crippen LogP contribution < -0.4 is 4.90 Å². The summed E-state index contributed by atoms with van der Waals surface area (Å²) < 4.78 is 12.5. The summed E-state index contributed by atoms with van der Waals surface area (Å²) in [6.45, 7) is 4.56. The molecule has 0 bridgehead atoms. The van der Waals surface area contributed by atoms with Gasteiger partial charge in [-0.1, -0.05) is 23.5 Å². The Labute approximate surface area is 163 Å². The maximum absolute atomic E-state index is 13.0. The van der Waals surface area contributed by atoms with Crippen LogP contribution in [-0.4, -0.2) is 55.2 Å². The summed E-state index contributed by atoms with van der Waals surface area (Å²) in [6, 6.07) is 11.3. The van der Waals surface area contributed by atoms with E-state index >= 15 is 0 Å². The van der Waals surface area contributed by atoms with Crippen LogP contribution in [0.15, 0.2) is 45.5 Å². The molecule has 2 aromatic heterocycles. The number of nitrogens with zero attached hydrogens (tertiary/aromatic N) is 3. The van der Waals surface area contributed by atoms with Crippen molar-refractivity contribution in [2.45, 2.75) is 0 Å². The number of morpholine rings is 1. The molecule has 0 aliphatic carbocycles. The Morgan fingerprint density at radius 2 is 2.04 bits per heavy atom. The molecule has 0 N–H and O–H groups in total. The van der Waals surface area contributed by atoms with Gasteiger partial charge in [-0.25, -0.2) is 4.98 Å². The molecule has 0 saturated carbocycles. The van der Waals surface area contributed by atoms with E-state index in [1.54, 1.807) is 17.0 Å². The fraction of sp³-hybridized carbons (Fsp3) is 0.333. The summed E-state index contributed by atoms with van der Waals surface area (Å²) in [6.07, 6.45) is 0. The number of fused-ring (bicyclic) bond motifs is 1. The molecule has 1 aromatic carbocycles. The van der Waals surface area contributed by atoms with Crippen molar-refractivity contribution in [3.63, 3.8) is 0 Å². The third kappa shape index (κ3) is 3.83. The number of amides is 1. The molecule has 136 valence electrons. The van der Waals surface area contributed by atoms with Crippen molar-refractivity contribution in [1.82, 2.24) is 9.88 Å². The molecular weight excluding hydrogens is 418 g/mol. The second kappa shape index (κ2) is 7.87. The highest BCUT2D eigenvalue weighted by molar-refractivity contribution is 9.10. The molecule has 1 fully saturated rings. The minimum Gasteiger partial charge on any atom is -0.444 e. The molecule has 1 aliphatic heterocycles. The van der Waals surface area contributed by atoms with Crippen molar-refractivity contribution in [2.75, 3.05) is 44.3 Å². The van der Waals surface area contributed by atoms with Crippen LogP contribution in [0.1, 0.15) is 10.6 Å². The van der Waals surface area contributed by atoms with Gasteiger partial charge in [-0.15, -0.1) is 0 Å². The number of ether oxygens (including phenoxy) is 1. The van der Waals surface area contributed by atoms with Gasteiger partial charge in [-0.3, -0.25) is 14.6 Å². The van der Waals surface area contributed by atoms with Crippen LogP contribution in [0.25, 0.3) is 10.2 Å². The van der Waals surface area contributed by atoms with Gasteiger partial charge in [0.15, 0.2) is 15.6 Å². The highest BCUT2D eigenvalue weighted by Gasteiger charge is 2.25. The molecule has 1 aliphatic rings. The molecule has 3 heterocycles. The monoisotopic (exact) mass is 435 g/mol. The van der Waals surface area contributed by atoms with Gasteiger partial charge in [-0.2, -0.15) is 0 Å². The van der Waals surface area contributed by atoms with Crippen molar-refractivity contribution in [1.29, 1.82) is 0 Å². The Bertz CT molecular complexity index is 871. The number of carbonyl (C=O) groups excluding carboxylic acids is 1. The van der Waals surface area contributed by atoms with E-state index in [1.807, 2.05) is 24.3 Å². The average molecular weight is 436 g/mol. The summed E-state index contributed by atoms with van der Waals surface area (Å²) in [5.74, 6) is 0.126. The molecule has 1 amide bonds. The molecule has 0 spiro atoms. The van der Waals surface area contributed by atoms with Gasteiger partial charge in [0, 0.05) is 26.2 Å². The van der Waals surface area contributed by atoms with E-state index in [9.17, 15) is 4.79 Å². The Morgan fingerprint density at radius 3 is 2.77 bits per heavy atom. The maximum atomic E-state index is 13.0. The lowest BCUT2D eigenvalue weighted by Crippen LogP contribution is -2.43. The number of hydrogen-bond acceptors (Lipinski definition) is 6. The Balaban J connectivity index is 1.60. The zero-order chi connectivity index (χ0) is 17.9. The number of hydrogen-bond donors (Lipinski definition) is 0. The molecule has 8 heteroatoms. The topological polar surface area (TPSA) is 58.8 Å². The van der Waals surface area contributed by atoms with Crippen LogP contribution in [0.2, 0.25) is 0 Å². The molecule has 0 radical (unpaired) electrons. The van der Waals surface area contributed by atoms with E-state index in [4.69, 9.17) is 9.15 Å². The van der Waals surface area contributed by atoms with Gasteiger partial charge >= 0.3 is 0 Å². The fourth-order valence-electron chi connectivity index (χ4n) is 2.89. The van der Waals surface area contributed by atoms with Crippen molar-refractivity contribution < 1.29 is 13.9 Å². The third-order valence-corrected chi connectivity index (χ3v) is 5.77. The number of benzene rings is 1. The zero-order valence-electron chi connectivity index (χ0n) is 14.1. The first-order chi connectivity index (χ1) is 12.7. The van der Waals surface area contributed by atoms with Crippen molar-refractivity contribution in [3.05, 3.63) is 46.8 Å². The Hall–Kier alpha value is -1.74. The molecule has 6 nitrogen and oxygen atoms in total. The first-order valence-corrected chi connectivity index (χ1v) is 10.0. The standard InChI is InChI=1S/C18H18BrN3O3S/c19-16-6-5-14(25-16)17(23)22(8-7-21-9-11-24-12-10-21)18-20-13-3-1-2-4-15(13)26-18/h1-6H,7-12H2. The summed E-state index contributed by atoms with van der Waals surface area (Å²) in [4.78, 5) is 21.7. The minimum absolute atomic E-state index is 0.178. The molecule has 1 saturated heterocycles. The smallest absolute Gasteiger partial charge is 0.295 e. The van der Waals surface area contributed by atoms with Crippen LogP contribution >= 0.6 is 27.3 Å². The minimum atomic E-state index is -0.178. The summed E-state index contributed by atoms with van der Waals surface area (Å²) in [5, 5.41) is 0.692. The van der Waals surface area contributed by atoms with Crippen LogP contribution in [0.3, 0.4) is 0 Å². The first-order valence-electron chi connectivity index (χ1n) is 8.43. The highest BCUT2D eigenvalue weighted by atomic mass is 79.9. The number of halogens is 1. The molecule has 0 atom stereocenters. The van der Waals surface area contributed by atoms with Crippen molar-refractivity contribution in [2.24, 2.45) is 0 Å². The average Bonchev–Trinajstić information content (AvgIpc) is 3.28. The SMILES string of the molecule is O=C(c1ccc(Br)o1)N(CCN1CCOCC1)c1nc2ccccc2s1. The van der Waals surface area contributed by atoms with Crippen LogP contribution in [-0.2, 0) is 4.74 Å². The van der Waals surface area contributed by atoms with Crippen LogP contribution in [0.4, 0.5) is 5.13 Å². The third-order valence-electron chi connectivity index (χ3n) is 4.29. The number of anilines is 1. The van der Waals surface area contributed by atoms with E-state index in [1.165, 1.54) is 11.3 Å². The van der Waals surface area contributed by atoms with Crippen molar-refractivity contribution in [3.8, 4) is 0 Å². The molecule has 26 heavy (non-hydrogen) atoms. The zero-order valence-corrected chi connectivity index (χ0v) is 16.5. The predicted molar refractivity (Wildman–Crippen MR) is 105 cm³/mol. The summed E-state index contributed by atoms with van der Waals surface area (Å²) in [5.41, 5.74) is 0.900. The fourth-order valence-corrected chi connectivity index (χ4v) is 4.18. The van der Waals surface area contributed by atoms with E-state index in [0.29, 0.717) is 22.1 Å². The van der Waals surface area contributed by atoms with E-state index in [2.05, 4.69) is 25.8 Å². The van der Waals surface area contributed by atoms with Crippen LogP contribution in [0.5, 0.6) is 0 Å². The predicted octanol–water partition coefficient (Wildman–Crippen LogP) is 3.63. The quantitative estimate of drug-likeness (QED) is 0.612. The summed E-state index contributed by atoms with van der Waals surface area (Å²) >= 11 is 4.78. The lowest BCUT2D eigenvalue weighted by molar-refractivity contribution is 0.0390. The van der Waals surface area contributed by atoms with Gasteiger partial charge in [0.05, 0.1) is 23.4 Å². The number of aromatic nitrogens is 1. The number of rotatable bonds is 5. The Morgan fingerprint density at radius 1 is 1.23 bits per heavy atom. The molecular formula is C18H18BrN3O3S. The lowest BCUT2D eigenvalue weighted by atomic mass is 10.3. The Kier molecular flexibility index (Phi) is 5.35. The maximum Gasteiger partial charge on any atom is 0.295 e. The number of furan rings is 1. The van der Waals surface area contributed by atoms with E-state index in [-0.39, 0.29) is 5.91 Å². The first kappa shape index (κ1) is 17.7. The second-order valence-corrected chi connectivity index (χ2v) is 7.77. The second-order valence-electron chi connectivity index (χ2n) is 5.98. The lowest BCUT2D eigenvalue weighted by Gasteiger charge is -2.28. The van der Waals surface area contributed by atoms with Gasteiger partial charge in [0.2, 0.25) is 0 Å².